The molecule has 3 heterocycles. The van der Waals surface area contributed by atoms with Gasteiger partial charge in [0, 0.05) is 46.2 Å². The van der Waals surface area contributed by atoms with E-state index < -0.39 is 5.97 Å². The van der Waals surface area contributed by atoms with Crippen LogP contribution >= 0.6 is 35.6 Å². The number of carbonyl (C=O) groups excluding carboxylic acids is 1. The van der Waals surface area contributed by atoms with Gasteiger partial charge in [0.2, 0.25) is 5.91 Å². The molecule has 36 heavy (non-hydrogen) atoms. The number of para-hydroxylation sites is 1. The Bertz CT molecular complexity index is 1250. The zero-order chi connectivity index (χ0) is 24.5. The van der Waals surface area contributed by atoms with Crippen LogP contribution in [0.25, 0.3) is 10.9 Å². The molecule has 0 unspecified atom stereocenters. The monoisotopic (exact) mass is 549 g/mol. The largest absolute Gasteiger partial charge is 0.481 e. The number of hydrogen-bond donors (Lipinski definition) is 1. The van der Waals surface area contributed by atoms with Crippen LogP contribution in [0.4, 0.5) is 0 Å². The predicted octanol–water partition coefficient (Wildman–Crippen LogP) is 5.49. The second kappa shape index (κ2) is 11.4. The first-order valence-electron chi connectivity index (χ1n) is 12.1. The Kier molecular flexibility index (Phi) is 8.51. The van der Waals surface area contributed by atoms with Crippen LogP contribution in [0.1, 0.15) is 36.1 Å². The number of carboxylic acids is 1. The van der Waals surface area contributed by atoms with Gasteiger partial charge in [-0.2, -0.15) is 0 Å². The second-order valence-electron chi connectivity index (χ2n) is 9.69. The van der Waals surface area contributed by atoms with Gasteiger partial charge in [0.15, 0.2) is 0 Å². The molecule has 3 aromatic rings. The molecule has 1 N–H and O–H groups in total. The third-order valence-corrected chi connectivity index (χ3v) is 7.75. The molecular weight excluding hydrogens is 521 g/mol. The van der Waals surface area contributed by atoms with Gasteiger partial charge in [0.25, 0.3) is 0 Å². The summed E-state index contributed by atoms with van der Waals surface area (Å²) >= 11 is 12.5. The highest BCUT2D eigenvalue weighted by Crippen LogP contribution is 2.32. The van der Waals surface area contributed by atoms with E-state index in [0.29, 0.717) is 36.2 Å². The van der Waals surface area contributed by atoms with Gasteiger partial charge in [-0.15, -0.1) is 12.4 Å². The van der Waals surface area contributed by atoms with E-state index in [1.165, 1.54) is 16.6 Å². The van der Waals surface area contributed by atoms with Gasteiger partial charge < -0.3 is 14.6 Å². The molecule has 0 aliphatic carbocycles. The average molecular weight is 551 g/mol. The Labute approximate surface area is 227 Å². The summed E-state index contributed by atoms with van der Waals surface area (Å²) in [5.41, 5.74) is 4.66. The van der Waals surface area contributed by atoms with Gasteiger partial charge in [-0.3, -0.25) is 14.5 Å². The fourth-order valence-electron chi connectivity index (χ4n) is 5.56. The Morgan fingerprint density at radius 3 is 2.39 bits per heavy atom. The summed E-state index contributed by atoms with van der Waals surface area (Å²) in [5.74, 6) is -0.388. The van der Waals surface area contributed by atoms with Crippen LogP contribution in [-0.4, -0.2) is 57.5 Å². The number of aromatic nitrogens is 1. The van der Waals surface area contributed by atoms with Crippen LogP contribution in [0.2, 0.25) is 10.0 Å². The Morgan fingerprint density at radius 1 is 1.00 bits per heavy atom. The maximum Gasteiger partial charge on any atom is 0.303 e. The van der Waals surface area contributed by atoms with Crippen molar-refractivity contribution < 1.29 is 14.7 Å². The number of carbonyl (C=O) groups is 2. The molecule has 0 bridgehead atoms. The molecule has 0 saturated carbocycles. The van der Waals surface area contributed by atoms with E-state index in [0.717, 1.165) is 43.4 Å². The Morgan fingerprint density at radius 2 is 1.69 bits per heavy atom. The number of nitrogens with zero attached hydrogens (tertiary/aromatic N) is 3. The zero-order valence-corrected chi connectivity index (χ0v) is 22.3. The maximum absolute atomic E-state index is 13.3. The highest BCUT2D eigenvalue weighted by molar-refractivity contribution is 6.34. The zero-order valence-electron chi connectivity index (χ0n) is 20.0. The van der Waals surface area contributed by atoms with Crippen molar-refractivity contribution >= 4 is 58.4 Å². The number of fused-ring (bicyclic) bond motifs is 3. The van der Waals surface area contributed by atoms with E-state index in [1.54, 1.807) is 6.07 Å². The fourth-order valence-corrected chi connectivity index (χ4v) is 6.13. The van der Waals surface area contributed by atoms with E-state index >= 15 is 0 Å². The van der Waals surface area contributed by atoms with Crippen molar-refractivity contribution in [2.75, 3.05) is 26.2 Å². The molecule has 9 heteroatoms. The van der Waals surface area contributed by atoms with Gasteiger partial charge in [-0.1, -0.05) is 41.4 Å². The third-order valence-electron chi connectivity index (χ3n) is 7.31. The van der Waals surface area contributed by atoms with Crippen molar-refractivity contribution in [3.63, 3.8) is 0 Å². The van der Waals surface area contributed by atoms with E-state index in [1.807, 2.05) is 23.1 Å². The van der Waals surface area contributed by atoms with Crippen molar-refractivity contribution in [3.8, 4) is 0 Å². The molecule has 1 aromatic heterocycles. The summed E-state index contributed by atoms with van der Waals surface area (Å²) in [6, 6.07) is 14.0. The lowest BCUT2D eigenvalue weighted by Crippen LogP contribution is -2.45. The molecular formula is C27H30Cl3N3O3. The number of carboxylic acid groups (broad SMARTS) is 1. The highest BCUT2D eigenvalue weighted by Gasteiger charge is 2.29. The maximum atomic E-state index is 13.3. The second-order valence-corrected chi connectivity index (χ2v) is 10.6. The Balaban J connectivity index is 0.00000304. The summed E-state index contributed by atoms with van der Waals surface area (Å²) in [4.78, 5) is 28.4. The van der Waals surface area contributed by atoms with Crippen molar-refractivity contribution in [2.24, 2.45) is 5.92 Å². The van der Waals surface area contributed by atoms with E-state index in [2.05, 4.69) is 27.7 Å². The molecule has 0 radical (unpaired) electrons. The number of benzene rings is 2. The summed E-state index contributed by atoms with van der Waals surface area (Å²) in [6.07, 6.45) is 2.71. The molecule has 192 valence electrons. The van der Waals surface area contributed by atoms with Gasteiger partial charge in [0.1, 0.15) is 0 Å². The lowest BCUT2D eigenvalue weighted by atomic mass is 9.93. The van der Waals surface area contributed by atoms with E-state index in [4.69, 9.17) is 28.3 Å². The topological polar surface area (TPSA) is 65.8 Å². The number of aliphatic carboxylic acids is 1. The lowest BCUT2D eigenvalue weighted by molar-refractivity contribution is -0.139. The van der Waals surface area contributed by atoms with Crippen LogP contribution in [0.15, 0.2) is 42.5 Å². The molecule has 6 nitrogen and oxygen atoms in total. The van der Waals surface area contributed by atoms with Gasteiger partial charge in [0.05, 0.1) is 13.1 Å². The number of likely N-dealkylation sites (tertiary alicyclic amines) is 1. The smallest absolute Gasteiger partial charge is 0.303 e. The average Bonchev–Trinajstić information content (AvgIpc) is 3.12. The molecule has 1 saturated heterocycles. The number of rotatable bonds is 6. The van der Waals surface area contributed by atoms with Crippen LogP contribution in [0, 0.1) is 5.92 Å². The lowest BCUT2D eigenvalue weighted by Gasteiger charge is -2.34. The first-order valence-corrected chi connectivity index (χ1v) is 12.9. The van der Waals surface area contributed by atoms with Crippen LogP contribution in [-0.2, 0) is 29.1 Å². The molecule has 2 aliphatic heterocycles. The van der Waals surface area contributed by atoms with Crippen LogP contribution < -0.4 is 0 Å². The summed E-state index contributed by atoms with van der Waals surface area (Å²) in [7, 11) is 0. The number of hydrogen-bond acceptors (Lipinski definition) is 3. The number of piperidine rings is 1. The summed E-state index contributed by atoms with van der Waals surface area (Å²) < 4.78 is 2.30. The van der Waals surface area contributed by atoms with Gasteiger partial charge in [-0.05, 0) is 73.7 Å². The van der Waals surface area contributed by atoms with Crippen molar-refractivity contribution in [1.29, 1.82) is 0 Å². The number of amides is 1. The molecule has 5 rings (SSSR count). The SMILES string of the molecule is Cl.O=C(O)CC1CCN(CC(=O)N2CCc3c(n(Cc4cc(Cl)cc(Cl)c4)c4ccccc34)C2)CC1. The molecule has 0 atom stereocenters. The standard InChI is InChI=1S/C27H29Cl2N3O3.ClH/c28-20-11-19(12-21(29)14-20)15-32-24-4-2-1-3-22(24)23-7-10-31(16-25(23)32)26(33)17-30-8-5-18(6-9-30)13-27(34)35;/h1-4,11-12,14,18H,5-10,13,15-17H2,(H,34,35);1H. The molecule has 2 aromatic carbocycles. The molecule has 2 aliphatic rings. The minimum atomic E-state index is -0.737. The quantitative estimate of drug-likeness (QED) is 0.441. The highest BCUT2D eigenvalue weighted by atomic mass is 35.5. The summed E-state index contributed by atoms with van der Waals surface area (Å²) in [5, 5.41) is 11.5. The number of halogens is 3. The van der Waals surface area contributed by atoms with Crippen molar-refractivity contribution in [2.45, 2.75) is 38.8 Å². The first kappa shape index (κ1) is 26.8. The molecule has 1 amide bonds. The van der Waals surface area contributed by atoms with Crippen molar-refractivity contribution in [1.82, 2.24) is 14.4 Å². The van der Waals surface area contributed by atoms with E-state index in [-0.39, 0.29) is 30.7 Å². The normalized spacial score (nSPS) is 16.6. The van der Waals surface area contributed by atoms with Crippen LogP contribution in [0.5, 0.6) is 0 Å². The minimum absolute atomic E-state index is 0. The predicted molar refractivity (Wildman–Crippen MR) is 145 cm³/mol. The molecule has 0 spiro atoms. The van der Waals surface area contributed by atoms with Crippen molar-refractivity contribution in [3.05, 3.63) is 69.3 Å². The fraction of sp³-hybridized carbons (Fsp3) is 0.407. The molecule has 1 fully saturated rings. The Hall–Kier alpha value is -2.25. The summed E-state index contributed by atoms with van der Waals surface area (Å²) in [6.45, 7) is 3.86. The first-order chi connectivity index (χ1) is 16.9. The third kappa shape index (κ3) is 5.83. The van der Waals surface area contributed by atoms with Gasteiger partial charge in [-0.25, -0.2) is 0 Å². The minimum Gasteiger partial charge on any atom is -0.481 e. The van der Waals surface area contributed by atoms with Crippen LogP contribution in [0.3, 0.4) is 0 Å². The van der Waals surface area contributed by atoms with Gasteiger partial charge >= 0.3 is 5.97 Å². The van der Waals surface area contributed by atoms with E-state index in [9.17, 15) is 9.59 Å².